The van der Waals surface area contributed by atoms with Gasteiger partial charge in [-0.1, -0.05) is 5.21 Å². The minimum Gasteiger partial charge on any atom is -0.465 e. The molecule has 0 atom stereocenters. The Balaban J connectivity index is 2.02. The molecule has 7 nitrogen and oxygen atoms in total. The maximum Gasteiger partial charge on any atom is 0.319 e. The topological polar surface area (TPSA) is 92.8 Å². The lowest BCUT2D eigenvalue weighted by Crippen LogP contribution is -2.26. The molecule has 78 valence electrons. The van der Waals surface area contributed by atoms with E-state index in [2.05, 4.69) is 25.9 Å². The summed E-state index contributed by atoms with van der Waals surface area (Å²) in [4.78, 5) is 10.9. The molecular weight excluding hydrogens is 186 g/mol. The fourth-order valence-electron chi connectivity index (χ4n) is 0.891. The fraction of sp³-hybridized carbons (Fsp3) is 0.714. The van der Waals surface area contributed by atoms with Gasteiger partial charge in [0.25, 0.3) is 0 Å². The number of nitrogens with zero attached hydrogens (tertiary/aromatic N) is 3. The molecule has 1 aromatic heterocycles. The highest BCUT2D eigenvalue weighted by Gasteiger charge is 2.01. The average molecular weight is 199 g/mol. The summed E-state index contributed by atoms with van der Waals surface area (Å²) >= 11 is 0. The molecule has 0 fully saturated rings. The van der Waals surface area contributed by atoms with Gasteiger partial charge >= 0.3 is 5.97 Å². The smallest absolute Gasteiger partial charge is 0.319 e. The van der Waals surface area contributed by atoms with E-state index in [1.54, 1.807) is 6.92 Å². The quantitative estimate of drug-likeness (QED) is 0.446. The van der Waals surface area contributed by atoms with E-state index in [1.165, 1.54) is 0 Å². The summed E-state index contributed by atoms with van der Waals surface area (Å²) in [6.45, 7) is 3.02. The van der Waals surface area contributed by atoms with E-state index in [9.17, 15) is 4.79 Å². The normalized spacial score (nSPS) is 10.1. The van der Waals surface area contributed by atoms with Crippen LogP contribution in [0.25, 0.3) is 0 Å². The Kier molecular flexibility index (Phi) is 4.56. The molecule has 0 spiro atoms. The molecule has 1 aromatic rings. The van der Waals surface area contributed by atoms with Crippen molar-refractivity contribution in [3.8, 4) is 0 Å². The second kappa shape index (κ2) is 6.03. The zero-order chi connectivity index (χ0) is 10.2. The molecule has 14 heavy (non-hydrogen) atoms. The second-order valence-corrected chi connectivity index (χ2v) is 2.56. The number of hydrogen-bond acceptors (Lipinski definition) is 6. The van der Waals surface area contributed by atoms with Crippen molar-refractivity contribution in [3.63, 3.8) is 0 Å². The summed E-state index contributed by atoms with van der Waals surface area (Å²) in [5.41, 5.74) is 0. The van der Waals surface area contributed by atoms with Gasteiger partial charge in [0.1, 0.15) is 0 Å². The van der Waals surface area contributed by atoms with Gasteiger partial charge in [-0.25, -0.2) is 0 Å². The Morgan fingerprint density at radius 3 is 3.14 bits per heavy atom. The largest absolute Gasteiger partial charge is 0.465 e. The number of esters is 1. The van der Waals surface area contributed by atoms with Crippen LogP contribution in [0.15, 0.2) is 0 Å². The van der Waals surface area contributed by atoms with Gasteiger partial charge in [-0.2, -0.15) is 5.21 Å². The van der Waals surface area contributed by atoms with Crippen molar-refractivity contribution >= 4 is 5.97 Å². The maximum absolute atomic E-state index is 10.9. The van der Waals surface area contributed by atoms with Crippen molar-refractivity contribution in [3.05, 3.63) is 5.82 Å². The van der Waals surface area contributed by atoms with E-state index in [1.807, 2.05) is 0 Å². The highest BCUT2D eigenvalue weighted by Crippen LogP contribution is 1.83. The van der Waals surface area contributed by atoms with E-state index in [-0.39, 0.29) is 12.5 Å². The fourth-order valence-corrected chi connectivity index (χ4v) is 0.891. The Labute approximate surface area is 81.2 Å². The first-order valence-corrected chi connectivity index (χ1v) is 4.41. The van der Waals surface area contributed by atoms with Crippen LogP contribution in [-0.4, -0.2) is 46.3 Å². The van der Waals surface area contributed by atoms with Gasteiger partial charge in [0.15, 0.2) is 5.82 Å². The van der Waals surface area contributed by atoms with E-state index in [0.29, 0.717) is 25.4 Å². The molecule has 0 aliphatic rings. The second-order valence-electron chi connectivity index (χ2n) is 2.56. The Bertz CT molecular complexity index is 261. The number of tetrazole rings is 1. The summed E-state index contributed by atoms with van der Waals surface area (Å²) in [5.74, 6) is 0.377. The van der Waals surface area contributed by atoms with Gasteiger partial charge in [0.05, 0.1) is 13.2 Å². The predicted octanol–water partition coefficient (Wildman–Crippen LogP) is -1.11. The molecule has 1 rings (SSSR count). The summed E-state index contributed by atoms with van der Waals surface area (Å²) in [6.07, 6.45) is 0.635. The predicted molar refractivity (Wildman–Crippen MR) is 47.4 cm³/mol. The third kappa shape index (κ3) is 3.94. The lowest BCUT2D eigenvalue weighted by Gasteiger charge is -2.02. The van der Waals surface area contributed by atoms with E-state index >= 15 is 0 Å². The molecule has 0 aromatic carbocycles. The summed E-state index contributed by atoms with van der Waals surface area (Å²) in [7, 11) is 0. The lowest BCUT2D eigenvalue weighted by molar-refractivity contribution is -0.141. The van der Waals surface area contributed by atoms with Crippen LogP contribution in [0, 0.1) is 0 Å². The summed E-state index contributed by atoms with van der Waals surface area (Å²) < 4.78 is 4.73. The van der Waals surface area contributed by atoms with Crippen molar-refractivity contribution < 1.29 is 9.53 Å². The van der Waals surface area contributed by atoms with Crippen LogP contribution in [0.2, 0.25) is 0 Å². The minimum atomic E-state index is -0.249. The molecule has 0 amide bonds. The lowest BCUT2D eigenvalue weighted by atomic mass is 10.4. The van der Waals surface area contributed by atoms with Gasteiger partial charge in [0.2, 0.25) is 0 Å². The van der Waals surface area contributed by atoms with E-state index < -0.39 is 0 Å². The van der Waals surface area contributed by atoms with Gasteiger partial charge < -0.3 is 10.1 Å². The Morgan fingerprint density at radius 1 is 1.64 bits per heavy atom. The van der Waals surface area contributed by atoms with Crippen LogP contribution >= 0.6 is 0 Å². The Morgan fingerprint density at radius 2 is 2.50 bits per heavy atom. The number of ether oxygens (including phenoxy) is 1. The van der Waals surface area contributed by atoms with Crippen molar-refractivity contribution in [2.24, 2.45) is 0 Å². The number of hydrogen-bond donors (Lipinski definition) is 2. The third-order valence-corrected chi connectivity index (χ3v) is 1.49. The zero-order valence-electron chi connectivity index (χ0n) is 7.99. The maximum atomic E-state index is 10.9. The highest BCUT2D eigenvalue weighted by atomic mass is 16.5. The molecule has 0 bridgehead atoms. The van der Waals surface area contributed by atoms with Crippen LogP contribution in [0.4, 0.5) is 0 Å². The van der Waals surface area contributed by atoms with E-state index in [4.69, 9.17) is 4.74 Å². The van der Waals surface area contributed by atoms with Crippen molar-refractivity contribution in [1.82, 2.24) is 25.9 Å². The van der Waals surface area contributed by atoms with Crippen molar-refractivity contribution in [2.75, 3.05) is 19.7 Å². The Hall–Kier alpha value is -1.50. The number of carbonyl (C=O) groups excluding carboxylic acids is 1. The molecule has 1 heterocycles. The molecule has 0 aliphatic carbocycles. The van der Waals surface area contributed by atoms with Gasteiger partial charge in [0, 0.05) is 13.0 Å². The first kappa shape index (κ1) is 10.6. The SMILES string of the molecule is CCOC(=O)CNCCc1nn[nH]n1. The molecule has 0 radical (unpaired) electrons. The molecule has 7 heteroatoms. The number of rotatable bonds is 6. The van der Waals surface area contributed by atoms with Crippen LogP contribution in [0.3, 0.4) is 0 Å². The standard InChI is InChI=1S/C7H13N5O2/c1-2-14-7(13)5-8-4-3-6-9-11-12-10-6/h8H,2-5H2,1H3,(H,9,10,11,12). The van der Waals surface area contributed by atoms with Gasteiger partial charge in [-0.15, -0.1) is 10.2 Å². The van der Waals surface area contributed by atoms with Crippen molar-refractivity contribution in [2.45, 2.75) is 13.3 Å². The number of H-pyrrole nitrogens is 1. The van der Waals surface area contributed by atoms with Gasteiger partial charge in [-0.05, 0) is 6.92 Å². The molecule has 0 saturated heterocycles. The van der Waals surface area contributed by atoms with E-state index in [0.717, 1.165) is 0 Å². The first-order valence-electron chi connectivity index (χ1n) is 4.41. The number of aromatic amines is 1. The zero-order valence-corrected chi connectivity index (χ0v) is 7.99. The number of aromatic nitrogens is 4. The average Bonchev–Trinajstić information content (AvgIpc) is 2.65. The molecule has 0 saturated carbocycles. The number of nitrogens with one attached hydrogen (secondary N) is 2. The van der Waals surface area contributed by atoms with Crippen molar-refractivity contribution in [1.29, 1.82) is 0 Å². The minimum absolute atomic E-state index is 0.214. The molecule has 0 aliphatic heterocycles. The monoisotopic (exact) mass is 199 g/mol. The molecule has 0 unspecified atom stereocenters. The highest BCUT2D eigenvalue weighted by molar-refractivity contribution is 5.71. The first-order chi connectivity index (χ1) is 6.83. The van der Waals surface area contributed by atoms with Gasteiger partial charge in [-0.3, -0.25) is 4.79 Å². The third-order valence-electron chi connectivity index (χ3n) is 1.49. The summed E-state index contributed by atoms with van der Waals surface area (Å²) in [5, 5.41) is 16.2. The van der Waals surface area contributed by atoms with Crippen LogP contribution in [0.5, 0.6) is 0 Å². The number of carbonyl (C=O) groups is 1. The summed E-state index contributed by atoms with van der Waals surface area (Å²) in [6, 6.07) is 0. The van der Waals surface area contributed by atoms with Crippen LogP contribution < -0.4 is 5.32 Å². The molecular formula is C7H13N5O2. The molecule has 2 N–H and O–H groups in total. The van der Waals surface area contributed by atoms with Crippen LogP contribution in [0.1, 0.15) is 12.7 Å². The van der Waals surface area contributed by atoms with Crippen LogP contribution in [-0.2, 0) is 16.0 Å².